The zero-order valence-electron chi connectivity index (χ0n) is 9.19. The van der Waals surface area contributed by atoms with Gasteiger partial charge in [0.1, 0.15) is 0 Å². The maximum absolute atomic E-state index is 11.3. The molecule has 0 aliphatic rings. The molecule has 0 radical (unpaired) electrons. The summed E-state index contributed by atoms with van der Waals surface area (Å²) in [5.74, 6) is -1.52. The number of hydrogen-bond acceptors (Lipinski definition) is 3. The third-order valence-electron chi connectivity index (χ3n) is 2.01. The Labute approximate surface area is 90.9 Å². The maximum atomic E-state index is 11.3. The molecule has 0 heterocycles. The lowest BCUT2D eigenvalue weighted by Gasteiger charge is -2.12. The molecule has 0 aromatic heterocycles. The average molecular weight is 237 g/mol. The molecule has 6 heteroatoms. The van der Waals surface area contributed by atoms with Crippen molar-refractivity contribution >= 4 is 16.0 Å². The fourth-order valence-electron chi connectivity index (χ4n) is 1.23. The topological polar surface area (TPSA) is 83.5 Å². The minimum atomic E-state index is -3.29. The van der Waals surface area contributed by atoms with Crippen LogP contribution in [0.15, 0.2) is 0 Å². The van der Waals surface area contributed by atoms with Crippen molar-refractivity contribution in [3.05, 3.63) is 0 Å². The Bertz CT molecular complexity index is 286. The van der Waals surface area contributed by atoms with Gasteiger partial charge in [-0.05, 0) is 12.8 Å². The normalized spacial score (nSPS) is 13.7. The van der Waals surface area contributed by atoms with Crippen molar-refractivity contribution in [2.45, 2.75) is 33.1 Å². The van der Waals surface area contributed by atoms with Gasteiger partial charge in [0, 0.05) is 6.54 Å². The lowest BCUT2D eigenvalue weighted by Crippen LogP contribution is -2.34. The fourth-order valence-corrected chi connectivity index (χ4v) is 2.37. The zero-order valence-corrected chi connectivity index (χ0v) is 10.0. The van der Waals surface area contributed by atoms with Gasteiger partial charge in [-0.1, -0.05) is 20.3 Å². The highest BCUT2D eigenvalue weighted by molar-refractivity contribution is 7.89. The van der Waals surface area contributed by atoms with Crippen molar-refractivity contribution in [1.82, 2.24) is 4.72 Å². The molecule has 0 aromatic rings. The summed E-state index contributed by atoms with van der Waals surface area (Å²) < 4.78 is 24.8. The number of carbonyl (C=O) groups is 1. The summed E-state index contributed by atoms with van der Waals surface area (Å²) >= 11 is 0. The van der Waals surface area contributed by atoms with E-state index in [4.69, 9.17) is 5.11 Å². The highest BCUT2D eigenvalue weighted by atomic mass is 32.2. The summed E-state index contributed by atoms with van der Waals surface area (Å²) in [4.78, 5) is 10.7. The largest absolute Gasteiger partial charge is 0.481 e. The van der Waals surface area contributed by atoms with Gasteiger partial charge >= 0.3 is 5.97 Å². The molecule has 0 aromatic carbocycles. The minimum Gasteiger partial charge on any atom is -0.481 e. The van der Waals surface area contributed by atoms with E-state index in [1.54, 1.807) is 6.92 Å². The van der Waals surface area contributed by atoms with Gasteiger partial charge in [0.2, 0.25) is 10.0 Å². The molecule has 15 heavy (non-hydrogen) atoms. The molecule has 0 rings (SSSR count). The van der Waals surface area contributed by atoms with Crippen LogP contribution in [0.3, 0.4) is 0 Å². The van der Waals surface area contributed by atoms with E-state index in [9.17, 15) is 13.2 Å². The van der Waals surface area contributed by atoms with Gasteiger partial charge in [-0.2, -0.15) is 0 Å². The van der Waals surface area contributed by atoms with Crippen LogP contribution in [-0.2, 0) is 14.8 Å². The van der Waals surface area contributed by atoms with Gasteiger partial charge in [-0.15, -0.1) is 0 Å². The molecule has 1 unspecified atom stereocenters. The first-order valence-electron chi connectivity index (χ1n) is 5.13. The van der Waals surface area contributed by atoms with Crippen LogP contribution >= 0.6 is 0 Å². The Morgan fingerprint density at radius 2 is 1.93 bits per heavy atom. The number of sulfonamides is 1. The van der Waals surface area contributed by atoms with Crippen molar-refractivity contribution in [2.75, 3.05) is 12.3 Å². The van der Waals surface area contributed by atoms with Crippen molar-refractivity contribution in [1.29, 1.82) is 0 Å². The lowest BCUT2D eigenvalue weighted by molar-refractivity contribution is -0.141. The number of carboxylic acid groups (broad SMARTS) is 1. The van der Waals surface area contributed by atoms with Crippen LogP contribution in [0.5, 0.6) is 0 Å². The van der Waals surface area contributed by atoms with Crippen molar-refractivity contribution in [2.24, 2.45) is 5.92 Å². The molecule has 0 saturated heterocycles. The van der Waals surface area contributed by atoms with Gasteiger partial charge in [0.15, 0.2) is 0 Å². The molecule has 5 nitrogen and oxygen atoms in total. The third kappa shape index (κ3) is 6.46. The predicted octanol–water partition coefficient (Wildman–Crippen LogP) is 0.817. The Morgan fingerprint density at radius 3 is 2.33 bits per heavy atom. The predicted molar refractivity (Wildman–Crippen MR) is 58.1 cm³/mol. The van der Waals surface area contributed by atoms with E-state index in [1.807, 2.05) is 6.92 Å². The van der Waals surface area contributed by atoms with E-state index in [2.05, 4.69) is 4.72 Å². The van der Waals surface area contributed by atoms with Crippen LogP contribution in [0.1, 0.15) is 33.1 Å². The smallest absolute Gasteiger partial charge is 0.307 e. The van der Waals surface area contributed by atoms with Crippen LogP contribution < -0.4 is 4.72 Å². The van der Waals surface area contributed by atoms with Crippen LogP contribution in [-0.4, -0.2) is 31.8 Å². The van der Waals surface area contributed by atoms with Crippen LogP contribution in [0.25, 0.3) is 0 Å². The van der Waals surface area contributed by atoms with Crippen LogP contribution in [0.2, 0.25) is 0 Å². The van der Waals surface area contributed by atoms with E-state index in [-0.39, 0.29) is 12.3 Å². The molecular weight excluding hydrogens is 218 g/mol. The summed E-state index contributed by atoms with van der Waals surface area (Å²) in [5.41, 5.74) is 0. The number of aliphatic carboxylic acids is 1. The van der Waals surface area contributed by atoms with Gasteiger partial charge < -0.3 is 5.11 Å². The SMILES string of the molecule is CCCC(CNS(=O)(=O)CCC)C(=O)O. The first kappa shape index (κ1) is 14.4. The van der Waals surface area contributed by atoms with Crippen LogP contribution in [0, 0.1) is 5.92 Å². The van der Waals surface area contributed by atoms with Crippen molar-refractivity contribution in [3.63, 3.8) is 0 Å². The quantitative estimate of drug-likeness (QED) is 0.654. The number of nitrogens with one attached hydrogen (secondary N) is 1. The molecular formula is C9H19NO4S. The molecule has 90 valence electrons. The van der Waals surface area contributed by atoms with Crippen LogP contribution in [0.4, 0.5) is 0 Å². The monoisotopic (exact) mass is 237 g/mol. The Hall–Kier alpha value is -0.620. The summed E-state index contributed by atoms with van der Waals surface area (Å²) in [6.07, 6.45) is 1.75. The lowest BCUT2D eigenvalue weighted by atomic mass is 10.1. The number of rotatable bonds is 8. The minimum absolute atomic E-state index is 0.00843. The van der Waals surface area contributed by atoms with Gasteiger partial charge in [-0.3, -0.25) is 4.79 Å². The van der Waals surface area contributed by atoms with E-state index >= 15 is 0 Å². The summed E-state index contributed by atoms with van der Waals surface area (Å²) in [7, 11) is -3.29. The van der Waals surface area contributed by atoms with Gasteiger partial charge in [0.25, 0.3) is 0 Å². The molecule has 0 saturated carbocycles. The Morgan fingerprint density at radius 1 is 1.33 bits per heavy atom. The standard InChI is InChI=1S/C9H19NO4S/c1-3-5-8(9(11)12)7-10-15(13,14)6-4-2/h8,10H,3-7H2,1-2H3,(H,11,12). The Balaban J connectivity index is 4.15. The van der Waals surface area contributed by atoms with Crippen molar-refractivity contribution < 1.29 is 18.3 Å². The average Bonchev–Trinajstić information content (AvgIpc) is 2.11. The molecule has 0 aliphatic carbocycles. The molecule has 2 N–H and O–H groups in total. The number of hydrogen-bond donors (Lipinski definition) is 2. The second-order valence-corrected chi connectivity index (χ2v) is 5.42. The molecule has 0 aliphatic heterocycles. The van der Waals surface area contributed by atoms with Gasteiger partial charge in [0.05, 0.1) is 11.7 Å². The highest BCUT2D eigenvalue weighted by Crippen LogP contribution is 2.05. The fraction of sp³-hybridized carbons (Fsp3) is 0.889. The Kier molecular flexibility index (Phi) is 6.51. The highest BCUT2D eigenvalue weighted by Gasteiger charge is 2.19. The van der Waals surface area contributed by atoms with E-state index in [0.717, 1.165) is 6.42 Å². The molecule has 0 spiro atoms. The second-order valence-electron chi connectivity index (χ2n) is 3.49. The molecule has 1 atom stereocenters. The van der Waals surface area contributed by atoms with Crippen molar-refractivity contribution in [3.8, 4) is 0 Å². The molecule has 0 bridgehead atoms. The number of carboxylic acids is 1. The maximum Gasteiger partial charge on any atom is 0.307 e. The third-order valence-corrected chi connectivity index (χ3v) is 3.56. The summed E-state index contributed by atoms with van der Waals surface area (Å²) in [6.45, 7) is 3.63. The zero-order chi connectivity index (χ0) is 11.9. The second kappa shape index (κ2) is 6.79. The van der Waals surface area contributed by atoms with Gasteiger partial charge in [-0.25, -0.2) is 13.1 Å². The molecule has 0 amide bonds. The summed E-state index contributed by atoms with van der Waals surface area (Å²) in [5, 5.41) is 8.80. The van der Waals surface area contributed by atoms with E-state index < -0.39 is 21.9 Å². The first-order chi connectivity index (χ1) is 6.93. The summed E-state index contributed by atoms with van der Waals surface area (Å²) in [6, 6.07) is 0. The van der Waals surface area contributed by atoms with E-state index in [0.29, 0.717) is 12.8 Å². The van der Waals surface area contributed by atoms with E-state index in [1.165, 1.54) is 0 Å². The molecule has 0 fully saturated rings. The first-order valence-corrected chi connectivity index (χ1v) is 6.78.